The molecule has 20 heavy (non-hydrogen) atoms. The minimum absolute atomic E-state index is 0.0289. The fraction of sp³-hybridized carbons (Fsp3) is 0.312. The summed E-state index contributed by atoms with van der Waals surface area (Å²) in [5.74, 6) is 0.856. The Morgan fingerprint density at radius 3 is 3.00 bits per heavy atom. The molecule has 0 saturated heterocycles. The maximum absolute atomic E-state index is 12.2. The molecule has 0 bridgehead atoms. The predicted molar refractivity (Wildman–Crippen MR) is 76.3 cm³/mol. The van der Waals surface area contributed by atoms with Crippen LogP contribution in [0, 0.1) is 0 Å². The van der Waals surface area contributed by atoms with E-state index in [1.165, 1.54) is 11.1 Å². The zero-order valence-corrected chi connectivity index (χ0v) is 11.5. The molecule has 0 aliphatic carbocycles. The zero-order valence-electron chi connectivity index (χ0n) is 11.5. The van der Waals surface area contributed by atoms with Crippen LogP contribution in [0.15, 0.2) is 41.0 Å². The highest BCUT2D eigenvalue weighted by atomic mass is 16.3. The SMILES string of the molecule is CC(Cc1ccco1)NC(=O)c1ccc2c(c1)CNC2. The molecule has 1 aromatic heterocycles. The topological polar surface area (TPSA) is 54.3 Å². The quantitative estimate of drug-likeness (QED) is 0.896. The van der Waals surface area contributed by atoms with E-state index in [0.29, 0.717) is 6.42 Å². The van der Waals surface area contributed by atoms with Gasteiger partial charge in [-0.2, -0.15) is 0 Å². The summed E-state index contributed by atoms with van der Waals surface area (Å²) in [4.78, 5) is 12.2. The van der Waals surface area contributed by atoms with Crippen molar-refractivity contribution in [3.8, 4) is 0 Å². The highest BCUT2D eigenvalue weighted by molar-refractivity contribution is 5.94. The van der Waals surface area contributed by atoms with Crippen LogP contribution in [0.2, 0.25) is 0 Å². The Bertz CT molecular complexity index is 605. The van der Waals surface area contributed by atoms with Gasteiger partial charge in [-0.05, 0) is 42.3 Å². The van der Waals surface area contributed by atoms with Crippen molar-refractivity contribution in [2.24, 2.45) is 0 Å². The lowest BCUT2D eigenvalue weighted by molar-refractivity contribution is 0.0939. The molecule has 1 aliphatic heterocycles. The van der Waals surface area contributed by atoms with Crippen LogP contribution in [-0.2, 0) is 19.5 Å². The van der Waals surface area contributed by atoms with Crippen LogP contribution in [0.1, 0.15) is 34.2 Å². The molecule has 4 heteroatoms. The van der Waals surface area contributed by atoms with Crippen molar-refractivity contribution in [2.45, 2.75) is 32.5 Å². The monoisotopic (exact) mass is 270 g/mol. The highest BCUT2D eigenvalue weighted by Gasteiger charge is 2.15. The standard InChI is InChI=1S/C16H18N2O2/c1-11(7-15-3-2-6-20-15)18-16(19)12-4-5-13-9-17-10-14(13)8-12/h2-6,8,11,17H,7,9-10H2,1H3,(H,18,19). The number of furan rings is 1. The number of nitrogens with one attached hydrogen (secondary N) is 2. The molecule has 0 radical (unpaired) electrons. The van der Waals surface area contributed by atoms with Gasteiger partial charge in [-0.25, -0.2) is 0 Å². The van der Waals surface area contributed by atoms with Crippen molar-refractivity contribution in [1.82, 2.24) is 10.6 Å². The van der Waals surface area contributed by atoms with Gasteiger partial charge < -0.3 is 15.1 Å². The highest BCUT2D eigenvalue weighted by Crippen LogP contribution is 2.17. The third-order valence-corrected chi connectivity index (χ3v) is 3.56. The number of hydrogen-bond donors (Lipinski definition) is 2. The minimum atomic E-state index is -0.0289. The van der Waals surface area contributed by atoms with Gasteiger partial charge in [0.1, 0.15) is 5.76 Å². The Balaban J connectivity index is 1.64. The zero-order chi connectivity index (χ0) is 13.9. The number of rotatable bonds is 4. The first-order valence-corrected chi connectivity index (χ1v) is 6.88. The van der Waals surface area contributed by atoms with Crippen LogP contribution in [0.3, 0.4) is 0 Å². The van der Waals surface area contributed by atoms with Gasteiger partial charge in [-0.1, -0.05) is 6.07 Å². The van der Waals surface area contributed by atoms with Crippen LogP contribution in [0.5, 0.6) is 0 Å². The average Bonchev–Trinajstić information content (AvgIpc) is 3.07. The normalized spacial score (nSPS) is 14.8. The third-order valence-electron chi connectivity index (χ3n) is 3.56. The van der Waals surface area contributed by atoms with Crippen molar-refractivity contribution in [3.63, 3.8) is 0 Å². The van der Waals surface area contributed by atoms with Gasteiger partial charge in [0.2, 0.25) is 0 Å². The minimum Gasteiger partial charge on any atom is -0.469 e. The van der Waals surface area contributed by atoms with Crippen LogP contribution < -0.4 is 10.6 Å². The van der Waals surface area contributed by atoms with Crippen LogP contribution in [0.4, 0.5) is 0 Å². The average molecular weight is 270 g/mol. The Kier molecular flexibility index (Phi) is 3.56. The van der Waals surface area contributed by atoms with E-state index in [4.69, 9.17) is 4.42 Å². The summed E-state index contributed by atoms with van der Waals surface area (Å²) in [6.45, 7) is 3.72. The van der Waals surface area contributed by atoms with E-state index in [1.807, 2.05) is 37.3 Å². The molecule has 104 valence electrons. The molecule has 3 rings (SSSR count). The summed E-state index contributed by atoms with van der Waals surface area (Å²) in [7, 11) is 0. The number of fused-ring (bicyclic) bond motifs is 1. The second-order valence-corrected chi connectivity index (χ2v) is 5.25. The molecular weight excluding hydrogens is 252 g/mol. The lowest BCUT2D eigenvalue weighted by Crippen LogP contribution is -2.34. The smallest absolute Gasteiger partial charge is 0.251 e. The molecule has 0 spiro atoms. The Hall–Kier alpha value is -2.07. The molecule has 0 saturated carbocycles. The molecule has 1 unspecified atom stereocenters. The fourth-order valence-corrected chi connectivity index (χ4v) is 2.52. The maximum Gasteiger partial charge on any atom is 0.251 e. The van der Waals surface area contributed by atoms with Crippen molar-refractivity contribution >= 4 is 5.91 Å². The van der Waals surface area contributed by atoms with E-state index in [-0.39, 0.29) is 11.9 Å². The first-order valence-electron chi connectivity index (χ1n) is 6.88. The largest absolute Gasteiger partial charge is 0.469 e. The van der Waals surface area contributed by atoms with Gasteiger partial charge in [0.15, 0.2) is 0 Å². The number of carbonyl (C=O) groups is 1. The molecule has 2 aromatic rings. The second-order valence-electron chi connectivity index (χ2n) is 5.25. The van der Waals surface area contributed by atoms with Gasteiger partial charge in [-0.3, -0.25) is 4.79 Å². The van der Waals surface area contributed by atoms with Gasteiger partial charge in [0.25, 0.3) is 5.91 Å². The maximum atomic E-state index is 12.2. The summed E-state index contributed by atoms with van der Waals surface area (Å²) >= 11 is 0. The molecule has 2 N–H and O–H groups in total. The van der Waals surface area contributed by atoms with E-state index in [0.717, 1.165) is 24.4 Å². The number of benzene rings is 1. The number of amides is 1. The van der Waals surface area contributed by atoms with Crippen molar-refractivity contribution in [2.75, 3.05) is 0 Å². The summed E-state index contributed by atoms with van der Waals surface area (Å²) in [5.41, 5.74) is 3.22. The number of carbonyl (C=O) groups excluding carboxylic acids is 1. The lowest BCUT2D eigenvalue weighted by atomic mass is 10.1. The van der Waals surface area contributed by atoms with Gasteiger partial charge >= 0.3 is 0 Å². The summed E-state index contributed by atoms with van der Waals surface area (Å²) in [5, 5.41) is 6.29. The van der Waals surface area contributed by atoms with Gasteiger partial charge in [-0.15, -0.1) is 0 Å². The van der Waals surface area contributed by atoms with E-state index in [9.17, 15) is 4.79 Å². The van der Waals surface area contributed by atoms with Crippen molar-refractivity contribution < 1.29 is 9.21 Å². The predicted octanol–water partition coefficient (Wildman–Crippen LogP) is 2.24. The van der Waals surface area contributed by atoms with Crippen LogP contribution >= 0.6 is 0 Å². The molecular formula is C16H18N2O2. The van der Waals surface area contributed by atoms with Gasteiger partial charge in [0.05, 0.1) is 6.26 Å². The molecule has 1 aliphatic rings. The Morgan fingerprint density at radius 1 is 1.35 bits per heavy atom. The summed E-state index contributed by atoms with van der Waals surface area (Å²) in [6, 6.07) is 9.72. The second kappa shape index (κ2) is 5.51. The molecule has 1 amide bonds. The van der Waals surface area contributed by atoms with E-state index in [2.05, 4.69) is 10.6 Å². The third kappa shape index (κ3) is 2.75. The molecule has 1 atom stereocenters. The van der Waals surface area contributed by atoms with Crippen LogP contribution in [-0.4, -0.2) is 11.9 Å². The molecule has 1 aromatic carbocycles. The van der Waals surface area contributed by atoms with E-state index < -0.39 is 0 Å². The number of hydrogen-bond acceptors (Lipinski definition) is 3. The lowest BCUT2D eigenvalue weighted by Gasteiger charge is -2.13. The first-order chi connectivity index (χ1) is 9.72. The van der Waals surface area contributed by atoms with Crippen molar-refractivity contribution in [1.29, 1.82) is 0 Å². The fourth-order valence-electron chi connectivity index (χ4n) is 2.52. The molecule has 2 heterocycles. The summed E-state index contributed by atoms with van der Waals surface area (Å²) in [6.07, 6.45) is 2.35. The summed E-state index contributed by atoms with van der Waals surface area (Å²) < 4.78 is 5.29. The Labute approximate surface area is 118 Å². The molecule has 0 fully saturated rings. The van der Waals surface area contributed by atoms with Gasteiger partial charge in [0, 0.05) is 31.1 Å². The van der Waals surface area contributed by atoms with Crippen molar-refractivity contribution in [3.05, 3.63) is 59.0 Å². The van der Waals surface area contributed by atoms with E-state index >= 15 is 0 Å². The first kappa shape index (κ1) is 12.9. The molecule has 4 nitrogen and oxygen atoms in total. The van der Waals surface area contributed by atoms with E-state index in [1.54, 1.807) is 6.26 Å². The Morgan fingerprint density at radius 2 is 2.20 bits per heavy atom. The van der Waals surface area contributed by atoms with Crippen LogP contribution in [0.25, 0.3) is 0 Å².